The van der Waals surface area contributed by atoms with Gasteiger partial charge in [-0.05, 0) is 36.8 Å². The second-order valence-electron chi connectivity index (χ2n) is 6.42. The molecule has 1 aromatic heterocycles. The van der Waals surface area contributed by atoms with Crippen molar-refractivity contribution in [3.8, 4) is 0 Å². The van der Waals surface area contributed by atoms with Gasteiger partial charge in [0.05, 0.1) is 5.56 Å². The second-order valence-corrected chi connectivity index (χ2v) is 7.19. The zero-order valence-corrected chi connectivity index (χ0v) is 16.0. The molecular weight excluding hydrogens is 348 g/mol. The van der Waals surface area contributed by atoms with Crippen LogP contribution >= 0.6 is 11.8 Å². The molecule has 1 aromatic carbocycles. The lowest BCUT2D eigenvalue weighted by molar-refractivity contribution is -0.135. The number of aryl methyl sites for hydroxylation is 2. The number of carbonyl (C=O) groups is 2. The van der Waals surface area contributed by atoms with Crippen molar-refractivity contribution in [2.45, 2.75) is 25.5 Å². The summed E-state index contributed by atoms with van der Waals surface area (Å²) in [7, 11) is 0. The lowest BCUT2D eigenvalue weighted by Gasteiger charge is -2.34. The van der Waals surface area contributed by atoms with Crippen molar-refractivity contribution >= 4 is 23.6 Å². The van der Waals surface area contributed by atoms with Crippen LogP contribution in [0.4, 0.5) is 0 Å². The van der Waals surface area contributed by atoms with E-state index in [9.17, 15) is 9.59 Å². The van der Waals surface area contributed by atoms with Gasteiger partial charge in [0, 0.05) is 32.0 Å². The molecule has 1 fully saturated rings. The average molecular weight is 370 g/mol. The number of thioether (sulfide) groups is 1. The highest BCUT2D eigenvalue weighted by Gasteiger charge is 2.28. The molecule has 0 unspecified atom stereocenters. The minimum atomic E-state index is -0.197. The van der Waals surface area contributed by atoms with Gasteiger partial charge in [0.2, 0.25) is 5.91 Å². The molecule has 0 N–H and O–H groups in total. The zero-order valence-electron chi connectivity index (χ0n) is 15.2. The first-order valence-electron chi connectivity index (χ1n) is 8.47. The summed E-state index contributed by atoms with van der Waals surface area (Å²) in [5.74, 6) is -0.235. The second kappa shape index (κ2) is 7.86. The van der Waals surface area contributed by atoms with Gasteiger partial charge in [-0.25, -0.2) is 9.97 Å². The Balaban J connectivity index is 1.63. The van der Waals surface area contributed by atoms with Gasteiger partial charge in [0.25, 0.3) is 5.91 Å². The number of hydrogen-bond donors (Lipinski definition) is 0. The van der Waals surface area contributed by atoms with Crippen LogP contribution in [0.1, 0.15) is 27.0 Å². The maximum atomic E-state index is 12.6. The Hall–Kier alpha value is -2.41. The van der Waals surface area contributed by atoms with Crippen LogP contribution in [0.25, 0.3) is 0 Å². The van der Waals surface area contributed by atoms with Crippen LogP contribution in [-0.4, -0.2) is 57.5 Å². The van der Waals surface area contributed by atoms with Crippen LogP contribution in [0.5, 0.6) is 0 Å². The van der Waals surface area contributed by atoms with E-state index in [0.717, 1.165) is 5.56 Å². The Labute approximate surface area is 157 Å². The van der Waals surface area contributed by atoms with Gasteiger partial charge >= 0.3 is 0 Å². The van der Waals surface area contributed by atoms with E-state index in [2.05, 4.69) is 42.0 Å². The smallest absolute Gasteiger partial charge is 0.257 e. The fourth-order valence-electron chi connectivity index (χ4n) is 2.89. The Morgan fingerprint density at radius 3 is 2.50 bits per heavy atom. The molecular formula is C19H22N4O2S. The standard InChI is InChI=1S/C19H22N4O2S/c1-13-4-5-15(8-14(13)2)11-22-6-7-23(12-17(22)24)18(25)16-9-20-19(26-3)21-10-16/h4-5,8-10H,6-7,11-12H2,1-3H3. The molecule has 0 bridgehead atoms. The summed E-state index contributed by atoms with van der Waals surface area (Å²) in [4.78, 5) is 36.7. The van der Waals surface area contributed by atoms with E-state index in [-0.39, 0.29) is 18.4 Å². The van der Waals surface area contributed by atoms with E-state index < -0.39 is 0 Å². The lowest BCUT2D eigenvalue weighted by Crippen LogP contribution is -2.51. The number of nitrogens with zero attached hydrogens (tertiary/aromatic N) is 4. The molecule has 0 aliphatic carbocycles. The van der Waals surface area contributed by atoms with Crippen LogP contribution in [0.3, 0.4) is 0 Å². The first kappa shape index (κ1) is 18.4. The van der Waals surface area contributed by atoms with E-state index >= 15 is 0 Å². The van der Waals surface area contributed by atoms with Gasteiger partial charge in [-0.15, -0.1) is 0 Å². The molecule has 0 atom stereocenters. The van der Waals surface area contributed by atoms with E-state index in [0.29, 0.717) is 30.4 Å². The summed E-state index contributed by atoms with van der Waals surface area (Å²) in [5.41, 5.74) is 3.99. The molecule has 0 spiro atoms. The van der Waals surface area contributed by atoms with Gasteiger partial charge in [0.1, 0.15) is 6.54 Å². The fourth-order valence-corrected chi connectivity index (χ4v) is 3.20. The molecule has 0 saturated carbocycles. The Kier molecular flexibility index (Phi) is 5.56. The van der Waals surface area contributed by atoms with E-state index in [1.54, 1.807) is 9.80 Å². The highest BCUT2D eigenvalue weighted by molar-refractivity contribution is 7.98. The Bertz CT molecular complexity index is 823. The number of amides is 2. The number of carbonyl (C=O) groups excluding carboxylic acids is 2. The van der Waals surface area contributed by atoms with Gasteiger partial charge in [-0.3, -0.25) is 9.59 Å². The van der Waals surface area contributed by atoms with Crippen molar-refractivity contribution < 1.29 is 9.59 Å². The van der Waals surface area contributed by atoms with Crippen molar-refractivity contribution in [3.05, 3.63) is 52.8 Å². The van der Waals surface area contributed by atoms with E-state index in [1.807, 2.05) is 6.26 Å². The van der Waals surface area contributed by atoms with Crippen molar-refractivity contribution in [1.82, 2.24) is 19.8 Å². The molecule has 136 valence electrons. The van der Waals surface area contributed by atoms with Crippen LogP contribution in [0.15, 0.2) is 35.7 Å². The van der Waals surface area contributed by atoms with Crippen molar-refractivity contribution in [2.24, 2.45) is 0 Å². The van der Waals surface area contributed by atoms with Crippen LogP contribution < -0.4 is 0 Å². The predicted molar refractivity (Wildman–Crippen MR) is 101 cm³/mol. The molecule has 2 aromatic rings. The zero-order chi connectivity index (χ0) is 18.7. The first-order chi connectivity index (χ1) is 12.5. The number of piperazine rings is 1. The minimum absolute atomic E-state index is 0.0375. The first-order valence-corrected chi connectivity index (χ1v) is 9.69. The van der Waals surface area contributed by atoms with Crippen LogP contribution in [0.2, 0.25) is 0 Å². The fraction of sp³-hybridized carbons (Fsp3) is 0.368. The summed E-state index contributed by atoms with van der Waals surface area (Å²) in [6.45, 7) is 5.86. The van der Waals surface area contributed by atoms with Crippen molar-refractivity contribution in [2.75, 3.05) is 25.9 Å². The van der Waals surface area contributed by atoms with Crippen LogP contribution in [0, 0.1) is 13.8 Å². The summed E-state index contributed by atoms with van der Waals surface area (Å²) in [5, 5.41) is 0.621. The molecule has 2 amide bonds. The largest absolute Gasteiger partial charge is 0.335 e. The van der Waals surface area contributed by atoms with Gasteiger partial charge in [-0.1, -0.05) is 30.0 Å². The topological polar surface area (TPSA) is 66.4 Å². The minimum Gasteiger partial charge on any atom is -0.335 e. The summed E-state index contributed by atoms with van der Waals surface area (Å²) >= 11 is 1.42. The van der Waals surface area contributed by atoms with E-state index in [1.165, 1.54) is 35.3 Å². The highest BCUT2D eigenvalue weighted by Crippen LogP contribution is 2.15. The van der Waals surface area contributed by atoms with Crippen molar-refractivity contribution in [1.29, 1.82) is 0 Å². The normalized spacial score (nSPS) is 14.7. The number of hydrogen-bond acceptors (Lipinski definition) is 5. The number of aromatic nitrogens is 2. The predicted octanol–water partition coefficient (Wildman–Crippen LogP) is 2.30. The third kappa shape index (κ3) is 4.04. The monoisotopic (exact) mass is 370 g/mol. The molecule has 1 saturated heterocycles. The van der Waals surface area contributed by atoms with E-state index in [4.69, 9.17) is 0 Å². The lowest BCUT2D eigenvalue weighted by atomic mass is 10.1. The average Bonchev–Trinajstić information content (AvgIpc) is 2.66. The molecule has 0 radical (unpaired) electrons. The summed E-state index contributed by atoms with van der Waals surface area (Å²) in [6, 6.07) is 6.25. The molecule has 7 heteroatoms. The quantitative estimate of drug-likeness (QED) is 0.610. The Morgan fingerprint density at radius 1 is 1.15 bits per heavy atom. The highest BCUT2D eigenvalue weighted by atomic mass is 32.2. The van der Waals surface area contributed by atoms with Gasteiger partial charge < -0.3 is 9.80 Å². The molecule has 1 aliphatic heterocycles. The molecule has 3 rings (SSSR count). The SMILES string of the molecule is CSc1ncc(C(=O)N2CCN(Cc3ccc(C)c(C)c3)C(=O)C2)cn1. The number of benzene rings is 1. The molecule has 6 nitrogen and oxygen atoms in total. The van der Waals surface area contributed by atoms with Crippen LogP contribution in [-0.2, 0) is 11.3 Å². The maximum absolute atomic E-state index is 12.6. The maximum Gasteiger partial charge on any atom is 0.257 e. The van der Waals surface area contributed by atoms with Gasteiger partial charge in [-0.2, -0.15) is 0 Å². The number of rotatable bonds is 4. The molecule has 1 aliphatic rings. The third-order valence-electron chi connectivity index (χ3n) is 4.61. The van der Waals surface area contributed by atoms with Gasteiger partial charge in [0.15, 0.2) is 5.16 Å². The van der Waals surface area contributed by atoms with Crippen molar-refractivity contribution in [3.63, 3.8) is 0 Å². The summed E-state index contributed by atoms with van der Waals surface area (Å²) in [6.07, 6.45) is 4.92. The Morgan fingerprint density at radius 2 is 1.88 bits per heavy atom. The molecule has 2 heterocycles. The third-order valence-corrected chi connectivity index (χ3v) is 5.18. The molecule has 26 heavy (non-hydrogen) atoms. The summed E-state index contributed by atoms with van der Waals surface area (Å²) < 4.78 is 0.